The van der Waals surface area contributed by atoms with Crippen LogP contribution < -0.4 is 0 Å². The summed E-state index contributed by atoms with van der Waals surface area (Å²) in [6.07, 6.45) is 21.3. The largest absolute Gasteiger partial charge is 0.256 e. The fourth-order valence-corrected chi connectivity index (χ4v) is 4.03. The van der Waals surface area contributed by atoms with Crippen molar-refractivity contribution in [2.45, 2.75) is 90.9 Å². The van der Waals surface area contributed by atoms with Crippen LogP contribution in [0.2, 0.25) is 0 Å². The lowest BCUT2D eigenvalue weighted by atomic mass is 10.0. The maximum atomic E-state index is 4.71. The van der Waals surface area contributed by atoms with Crippen LogP contribution in [0.1, 0.15) is 89.2 Å². The lowest BCUT2D eigenvalue weighted by molar-refractivity contribution is 0.589. The molecule has 0 aliphatic carbocycles. The maximum absolute atomic E-state index is 4.71. The molecule has 0 spiro atoms. The van der Waals surface area contributed by atoms with Gasteiger partial charge in [0.1, 0.15) is 0 Å². The Bertz CT molecular complexity index is 883. The highest BCUT2D eigenvalue weighted by atomic mass is 14.9. The minimum Gasteiger partial charge on any atom is -0.256 e. The van der Waals surface area contributed by atoms with Gasteiger partial charge in [0, 0.05) is 29.7 Å². The van der Waals surface area contributed by atoms with Gasteiger partial charge in [0.2, 0.25) is 0 Å². The standard InChI is InChI=1S/C29H39N3/c1-3-5-7-8-9-10-12-13-24-15-20-28(30-21-24)26-16-18-27(19-17-26)29-31-22-25(23-32-29)14-11-6-4-2/h15-23H,3-14H2,1-2H3. The molecule has 2 aromatic heterocycles. The van der Waals surface area contributed by atoms with E-state index in [0.29, 0.717) is 0 Å². The molecule has 0 radical (unpaired) electrons. The highest BCUT2D eigenvalue weighted by Crippen LogP contribution is 2.22. The summed E-state index contributed by atoms with van der Waals surface area (Å²) in [7, 11) is 0. The molecule has 0 atom stereocenters. The molecular weight excluding hydrogens is 390 g/mol. The van der Waals surface area contributed by atoms with Crippen molar-refractivity contribution in [2.24, 2.45) is 0 Å². The van der Waals surface area contributed by atoms with E-state index in [1.165, 1.54) is 75.3 Å². The summed E-state index contributed by atoms with van der Waals surface area (Å²) < 4.78 is 0. The summed E-state index contributed by atoms with van der Waals surface area (Å²) >= 11 is 0. The second-order valence-corrected chi connectivity index (χ2v) is 8.87. The summed E-state index contributed by atoms with van der Waals surface area (Å²) in [5, 5.41) is 0. The van der Waals surface area contributed by atoms with Crippen LogP contribution in [0, 0.1) is 0 Å². The highest BCUT2D eigenvalue weighted by Gasteiger charge is 2.05. The van der Waals surface area contributed by atoms with E-state index in [-0.39, 0.29) is 0 Å². The van der Waals surface area contributed by atoms with E-state index in [0.717, 1.165) is 35.5 Å². The van der Waals surface area contributed by atoms with E-state index < -0.39 is 0 Å². The first-order chi connectivity index (χ1) is 15.8. The Morgan fingerprint density at radius 3 is 1.69 bits per heavy atom. The van der Waals surface area contributed by atoms with Crippen molar-refractivity contribution in [2.75, 3.05) is 0 Å². The van der Waals surface area contributed by atoms with Crippen LogP contribution in [0.25, 0.3) is 22.6 Å². The van der Waals surface area contributed by atoms with E-state index >= 15 is 0 Å². The second-order valence-electron chi connectivity index (χ2n) is 8.87. The number of hydrogen-bond donors (Lipinski definition) is 0. The quantitative estimate of drug-likeness (QED) is 0.242. The summed E-state index contributed by atoms with van der Waals surface area (Å²) in [5.41, 5.74) is 5.76. The molecule has 2 heterocycles. The molecule has 3 rings (SSSR count). The Balaban J connectivity index is 1.49. The van der Waals surface area contributed by atoms with Crippen molar-refractivity contribution in [1.29, 1.82) is 0 Å². The molecule has 3 nitrogen and oxygen atoms in total. The summed E-state index contributed by atoms with van der Waals surface area (Å²) in [4.78, 5) is 13.8. The van der Waals surface area contributed by atoms with Crippen molar-refractivity contribution in [3.8, 4) is 22.6 Å². The second kappa shape index (κ2) is 13.8. The Labute approximate surface area is 194 Å². The lowest BCUT2D eigenvalue weighted by Gasteiger charge is -2.06. The minimum absolute atomic E-state index is 0.786. The normalized spacial score (nSPS) is 11.1. The van der Waals surface area contributed by atoms with Crippen LogP contribution in [0.3, 0.4) is 0 Å². The molecule has 0 amide bonds. The zero-order valence-corrected chi connectivity index (χ0v) is 20.0. The molecule has 170 valence electrons. The number of rotatable bonds is 14. The zero-order chi connectivity index (χ0) is 22.4. The van der Waals surface area contributed by atoms with Gasteiger partial charge >= 0.3 is 0 Å². The molecule has 0 fully saturated rings. The monoisotopic (exact) mass is 429 g/mol. The molecule has 0 aliphatic rings. The van der Waals surface area contributed by atoms with E-state index in [1.54, 1.807) is 0 Å². The van der Waals surface area contributed by atoms with Crippen LogP contribution in [0.15, 0.2) is 55.0 Å². The topological polar surface area (TPSA) is 38.7 Å². The van der Waals surface area contributed by atoms with Gasteiger partial charge in [0.15, 0.2) is 5.82 Å². The van der Waals surface area contributed by atoms with E-state index in [1.807, 2.05) is 18.6 Å². The van der Waals surface area contributed by atoms with Gasteiger partial charge in [0.25, 0.3) is 0 Å². The molecule has 32 heavy (non-hydrogen) atoms. The summed E-state index contributed by atoms with van der Waals surface area (Å²) in [5.74, 6) is 0.786. The van der Waals surface area contributed by atoms with Gasteiger partial charge in [-0.3, -0.25) is 4.98 Å². The molecule has 0 saturated carbocycles. The third-order valence-corrected chi connectivity index (χ3v) is 6.11. The predicted molar refractivity (Wildman–Crippen MR) is 136 cm³/mol. The van der Waals surface area contributed by atoms with Crippen molar-refractivity contribution < 1.29 is 0 Å². The molecule has 0 bridgehead atoms. The predicted octanol–water partition coefficient (Wildman–Crippen LogP) is 8.23. The molecule has 3 heteroatoms. The first-order valence-electron chi connectivity index (χ1n) is 12.7. The number of pyridine rings is 1. The van der Waals surface area contributed by atoms with Crippen molar-refractivity contribution in [1.82, 2.24) is 15.0 Å². The van der Waals surface area contributed by atoms with Crippen molar-refractivity contribution in [3.05, 3.63) is 66.1 Å². The van der Waals surface area contributed by atoms with Crippen LogP contribution in [0.4, 0.5) is 0 Å². The fourth-order valence-electron chi connectivity index (χ4n) is 4.03. The first kappa shape index (κ1) is 24.1. The third kappa shape index (κ3) is 7.85. The molecule has 0 saturated heterocycles. The molecule has 1 aromatic carbocycles. The number of aryl methyl sites for hydroxylation is 2. The molecule has 0 N–H and O–H groups in total. The summed E-state index contributed by atoms with van der Waals surface area (Å²) in [6.45, 7) is 4.50. The Hall–Kier alpha value is -2.55. The first-order valence-corrected chi connectivity index (χ1v) is 12.7. The maximum Gasteiger partial charge on any atom is 0.159 e. The van der Waals surface area contributed by atoms with Gasteiger partial charge in [-0.15, -0.1) is 0 Å². The molecule has 0 unspecified atom stereocenters. The number of nitrogens with zero attached hydrogens (tertiary/aromatic N) is 3. The van der Waals surface area contributed by atoms with Gasteiger partial charge in [0.05, 0.1) is 5.69 Å². The van der Waals surface area contributed by atoms with E-state index in [9.17, 15) is 0 Å². The smallest absolute Gasteiger partial charge is 0.159 e. The van der Waals surface area contributed by atoms with Crippen LogP contribution >= 0.6 is 0 Å². The van der Waals surface area contributed by atoms with Crippen LogP contribution in [0.5, 0.6) is 0 Å². The van der Waals surface area contributed by atoms with Gasteiger partial charge in [-0.05, 0) is 42.9 Å². The van der Waals surface area contributed by atoms with Gasteiger partial charge in [-0.1, -0.05) is 95.5 Å². The van der Waals surface area contributed by atoms with E-state index in [4.69, 9.17) is 4.98 Å². The van der Waals surface area contributed by atoms with Gasteiger partial charge < -0.3 is 0 Å². The van der Waals surface area contributed by atoms with Crippen molar-refractivity contribution >= 4 is 0 Å². The van der Waals surface area contributed by atoms with Crippen LogP contribution in [-0.4, -0.2) is 15.0 Å². The highest BCUT2D eigenvalue weighted by molar-refractivity contribution is 5.65. The number of aromatic nitrogens is 3. The molecule has 0 aliphatic heterocycles. The molecular formula is C29H39N3. The van der Waals surface area contributed by atoms with Gasteiger partial charge in [-0.2, -0.15) is 0 Å². The number of unbranched alkanes of at least 4 members (excludes halogenated alkanes) is 8. The third-order valence-electron chi connectivity index (χ3n) is 6.11. The zero-order valence-electron chi connectivity index (χ0n) is 20.0. The summed E-state index contributed by atoms with van der Waals surface area (Å²) in [6, 6.07) is 12.8. The fraction of sp³-hybridized carbons (Fsp3) is 0.483. The number of benzene rings is 1. The molecule has 3 aromatic rings. The van der Waals surface area contributed by atoms with Gasteiger partial charge in [-0.25, -0.2) is 9.97 Å². The average molecular weight is 430 g/mol. The number of hydrogen-bond acceptors (Lipinski definition) is 3. The Morgan fingerprint density at radius 2 is 1.03 bits per heavy atom. The van der Waals surface area contributed by atoms with E-state index in [2.05, 4.69) is 60.2 Å². The lowest BCUT2D eigenvalue weighted by Crippen LogP contribution is -1.93. The van der Waals surface area contributed by atoms with Crippen molar-refractivity contribution in [3.63, 3.8) is 0 Å². The minimum atomic E-state index is 0.786. The Morgan fingerprint density at radius 1 is 0.500 bits per heavy atom. The SMILES string of the molecule is CCCCCCCCCc1ccc(-c2ccc(-c3ncc(CCCCC)cn3)cc2)nc1. The Kier molecular flexibility index (Phi) is 10.4. The average Bonchev–Trinajstić information content (AvgIpc) is 2.85. The van der Waals surface area contributed by atoms with Crippen LogP contribution in [-0.2, 0) is 12.8 Å².